The Morgan fingerprint density at radius 1 is 1.25 bits per heavy atom. The van der Waals surface area contributed by atoms with Gasteiger partial charge in [0.2, 0.25) is 10.0 Å². The summed E-state index contributed by atoms with van der Waals surface area (Å²) in [5.41, 5.74) is 1.77. The van der Waals surface area contributed by atoms with Crippen molar-refractivity contribution in [2.45, 2.75) is 26.3 Å². The van der Waals surface area contributed by atoms with Gasteiger partial charge in [-0.2, -0.15) is 0 Å². The van der Waals surface area contributed by atoms with E-state index < -0.39 is 15.6 Å². The number of sulfonamides is 1. The maximum atomic E-state index is 11.5. The van der Waals surface area contributed by atoms with E-state index in [9.17, 15) is 8.42 Å². The number of halogens is 2. The maximum Gasteiger partial charge on any atom is 0.209 e. The molecule has 1 fully saturated rings. The van der Waals surface area contributed by atoms with E-state index in [4.69, 9.17) is 11.6 Å². The number of hydrogen-bond donors (Lipinski definition) is 2. The quantitative estimate of drug-likeness (QED) is 0.339. The van der Waals surface area contributed by atoms with Gasteiger partial charge in [-0.25, -0.2) is 13.1 Å². The topological polar surface area (TPSA) is 77.0 Å². The van der Waals surface area contributed by atoms with Crippen LogP contribution in [0.25, 0.3) is 0 Å². The van der Waals surface area contributed by atoms with Crippen LogP contribution in [0.1, 0.15) is 19.4 Å². The minimum absolute atomic E-state index is 0. The van der Waals surface area contributed by atoms with Crippen LogP contribution in [0.4, 0.5) is 5.69 Å². The van der Waals surface area contributed by atoms with Gasteiger partial charge in [-0.3, -0.25) is 4.99 Å². The minimum Gasteiger partial charge on any atom is -0.368 e. The number of piperazine rings is 1. The number of nitrogens with zero attached hydrogens (tertiary/aromatic N) is 3. The number of benzene rings is 1. The van der Waals surface area contributed by atoms with E-state index in [1.807, 2.05) is 32.0 Å². The number of hydrogen-bond acceptors (Lipinski definition) is 4. The Morgan fingerprint density at radius 3 is 2.39 bits per heavy atom. The van der Waals surface area contributed by atoms with Crippen molar-refractivity contribution in [3.8, 4) is 0 Å². The average molecular weight is 544 g/mol. The third-order valence-corrected chi connectivity index (χ3v) is 5.61. The first kappa shape index (κ1) is 25.3. The number of guanidine groups is 1. The van der Waals surface area contributed by atoms with Crippen molar-refractivity contribution in [3.63, 3.8) is 0 Å². The zero-order valence-electron chi connectivity index (χ0n) is 17.1. The summed E-state index contributed by atoms with van der Waals surface area (Å²) in [6.45, 7) is 9.61. The van der Waals surface area contributed by atoms with Gasteiger partial charge in [0.1, 0.15) is 0 Å². The molecule has 7 nitrogen and oxygen atoms in total. The van der Waals surface area contributed by atoms with Crippen LogP contribution in [0, 0.1) is 6.92 Å². The van der Waals surface area contributed by atoms with Gasteiger partial charge in [0.05, 0.1) is 6.26 Å². The fourth-order valence-electron chi connectivity index (χ4n) is 3.25. The highest BCUT2D eigenvalue weighted by Gasteiger charge is 2.25. The van der Waals surface area contributed by atoms with Crippen LogP contribution in [-0.2, 0) is 10.0 Å². The third-order valence-electron chi connectivity index (χ3n) is 4.45. The molecule has 0 aliphatic carbocycles. The van der Waals surface area contributed by atoms with Crippen molar-refractivity contribution < 1.29 is 8.42 Å². The predicted molar refractivity (Wildman–Crippen MR) is 129 cm³/mol. The maximum absolute atomic E-state index is 11.5. The lowest BCUT2D eigenvalue weighted by molar-refractivity contribution is 0.362. The number of aliphatic imine (C=N–C) groups is 1. The summed E-state index contributed by atoms with van der Waals surface area (Å²) in [7, 11) is -1.52. The largest absolute Gasteiger partial charge is 0.368 e. The van der Waals surface area contributed by atoms with E-state index in [1.165, 1.54) is 17.5 Å². The lowest BCUT2D eigenvalue weighted by Gasteiger charge is -2.39. The van der Waals surface area contributed by atoms with E-state index in [-0.39, 0.29) is 24.0 Å². The molecule has 1 aliphatic heterocycles. The highest BCUT2D eigenvalue weighted by atomic mass is 127. The van der Waals surface area contributed by atoms with Gasteiger partial charge < -0.3 is 15.1 Å². The molecule has 0 saturated carbocycles. The molecule has 0 atom stereocenters. The summed E-state index contributed by atoms with van der Waals surface area (Å²) >= 11 is 6.15. The summed E-state index contributed by atoms with van der Waals surface area (Å²) in [4.78, 5) is 8.88. The summed E-state index contributed by atoms with van der Waals surface area (Å²) in [5, 5.41) is 4.03. The van der Waals surface area contributed by atoms with Crippen molar-refractivity contribution >= 4 is 57.2 Å². The fourth-order valence-corrected chi connectivity index (χ4v) is 4.49. The van der Waals surface area contributed by atoms with Crippen molar-refractivity contribution in [2.75, 3.05) is 50.9 Å². The van der Waals surface area contributed by atoms with Gasteiger partial charge in [-0.05, 0) is 38.5 Å². The monoisotopic (exact) mass is 543 g/mol. The molecule has 28 heavy (non-hydrogen) atoms. The number of nitrogens with one attached hydrogen (secondary N) is 2. The Morgan fingerprint density at radius 2 is 1.86 bits per heavy atom. The fraction of sp³-hybridized carbons (Fsp3) is 0.611. The van der Waals surface area contributed by atoms with E-state index in [2.05, 4.69) is 31.8 Å². The second-order valence-electron chi connectivity index (χ2n) is 7.56. The molecule has 1 heterocycles. The van der Waals surface area contributed by atoms with Gasteiger partial charge in [-0.15, -0.1) is 24.0 Å². The Balaban J connectivity index is 0.00000392. The Labute approximate surface area is 191 Å². The molecule has 0 unspecified atom stereocenters. The second-order valence-corrected chi connectivity index (χ2v) is 9.75. The van der Waals surface area contributed by atoms with Crippen LogP contribution in [0.5, 0.6) is 0 Å². The summed E-state index contributed by atoms with van der Waals surface area (Å²) in [5.74, 6) is 0.779. The van der Waals surface area contributed by atoms with Gasteiger partial charge in [-0.1, -0.05) is 17.7 Å². The Bertz CT molecular complexity index is 793. The van der Waals surface area contributed by atoms with Crippen molar-refractivity contribution in [1.29, 1.82) is 0 Å². The molecule has 1 saturated heterocycles. The Kier molecular flexibility index (Phi) is 9.30. The van der Waals surface area contributed by atoms with Crippen LogP contribution in [0.15, 0.2) is 23.2 Å². The summed E-state index contributed by atoms with van der Waals surface area (Å²) in [6.07, 6.45) is 1.17. The lowest BCUT2D eigenvalue weighted by atomic mass is 10.1. The molecule has 1 aliphatic rings. The molecule has 2 N–H and O–H groups in total. The van der Waals surface area contributed by atoms with Crippen molar-refractivity contribution in [2.24, 2.45) is 4.99 Å². The first-order chi connectivity index (χ1) is 12.5. The first-order valence-corrected chi connectivity index (χ1v) is 11.2. The molecule has 0 aromatic heterocycles. The second kappa shape index (κ2) is 10.3. The van der Waals surface area contributed by atoms with Crippen LogP contribution in [0.3, 0.4) is 0 Å². The van der Waals surface area contributed by atoms with Gasteiger partial charge in [0.25, 0.3) is 0 Å². The van der Waals surface area contributed by atoms with Gasteiger partial charge in [0.15, 0.2) is 5.96 Å². The third kappa shape index (κ3) is 7.57. The average Bonchev–Trinajstić information content (AvgIpc) is 2.56. The molecule has 0 amide bonds. The molecule has 0 spiro atoms. The smallest absolute Gasteiger partial charge is 0.209 e. The predicted octanol–water partition coefficient (Wildman–Crippen LogP) is 2.29. The van der Waals surface area contributed by atoms with Gasteiger partial charge in [0, 0.05) is 56.0 Å². The number of aryl methyl sites for hydroxylation is 1. The zero-order valence-corrected chi connectivity index (χ0v) is 21.0. The number of rotatable bonds is 5. The highest BCUT2D eigenvalue weighted by Crippen LogP contribution is 2.25. The van der Waals surface area contributed by atoms with E-state index in [0.717, 1.165) is 37.2 Å². The first-order valence-electron chi connectivity index (χ1n) is 8.96. The molecule has 1 aromatic rings. The van der Waals surface area contributed by atoms with Crippen molar-refractivity contribution in [1.82, 2.24) is 14.9 Å². The van der Waals surface area contributed by atoms with Crippen LogP contribution >= 0.6 is 35.6 Å². The van der Waals surface area contributed by atoms with Crippen molar-refractivity contribution in [3.05, 3.63) is 28.8 Å². The SMILES string of the molecule is CN=C(NCC(C)(C)NS(C)(=O)=O)N1CCN(c2cc(Cl)ccc2C)CC1.I. The van der Waals surface area contributed by atoms with E-state index in [0.29, 0.717) is 6.54 Å². The molecule has 1 aromatic carbocycles. The molecular formula is C18H31ClIN5O2S. The molecule has 160 valence electrons. The molecule has 0 radical (unpaired) electrons. The zero-order chi connectivity index (χ0) is 20.2. The van der Waals surface area contributed by atoms with E-state index >= 15 is 0 Å². The molecule has 0 bridgehead atoms. The van der Waals surface area contributed by atoms with Crippen LogP contribution in [-0.4, -0.2) is 70.8 Å². The minimum atomic E-state index is -3.27. The normalized spacial score (nSPS) is 16.0. The standard InChI is InChI=1S/C18H30ClN5O2S.HI/c1-14-6-7-15(19)12-16(14)23-8-10-24(11-9-23)17(20-4)21-13-18(2,3)22-27(5,25)26;/h6-7,12,22H,8-11,13H2,1-5H3,(H,20,21);1H. The number of anilines is 1. The summed E-state index contributed by atoms with van der Waals surface area (Å²) in [6, 6.07) is 5.97. The molecule has 10 heteroatoms. The van der Waals surface area contributed by atoms with E-state index in [1.54, 1.807) is 7.05 Å². The Hall–Kier alpha value is -0.780. The van der Waals surface area contributed by atoms with Crippen LogP contribution in [0.2, 0.25) is 5.02 Å². The highest BCUT2D eigenvalue weighted by molar-refractivity contribution is 14.0. The van der Waals surface area contributed by atoms with Gasteiger partial charge >= 0.3 is 0 Å². The van der Waals surface area contributed by atoms with Crippen LogP contribution < -0.4 is 14.9 Å². The lowest BCUT2D eigenvalue weighted by Crippen LogP contribution is -2.56. The molecule has 2 rings (SSSR count). The summed E-state index contributed by atoms with van der Waals surface area (Å²) < 4.78 is 25.6. The molecular weight excluding hydrogens is 513 g/mol.